The summed E-state index contributed by atoms with van der Waals surface area (Å²) in [5.41, 5.74) is 6.40. The van der Waals surface area contributed by atoms with E-state index in [0.717, 1.165) is 0 Å². The number of rotatable bonds is 8. The maximum atomic E-state index is 12.0. The van der Waals surface area contributed by atoms with Crippen LogP contribution in [0.25, 0.3) is 0 Å². The number of nitrogens with two attached hydrogens (primary N) is 1. The van der Waals surface area contributed by atoms with Crippen LogP contribution in [-0.4, -0.2) is 36.9 Å². The van der Waals surface area contributed by atoms with Gasteiger partial charge in [0.05, 0.1) is 23.8 Å². The van der Waals surface area contributed by atoms with Gasteiger partial charge >= 0.3 is 0 Å². The number of benzene rings is 1. The number of hydrogen-bond donors (Lipinski definition) is 4. The molecule has 5 N–H and O–H groups in total. The Balaban J connectivity index is 0.00000576. The molecule has 0 aliphatic carbocycles. The summed E-state index contributed by atoms with van der Waals surface area (Å²) < 4.78 is 0. The Kier molecular flexibility index (Phi) is 10.2. The van der Waals surface area contributed by atoms with Crippen LogP contribution in [0.1, 0.15) is 24.2 Å². The van der Waals surface area contributed by atoms with Crippen LogP contribution >= 0.6 is 12.4 Å². The van der Waals surface area contributed by atoms with Crippen molar-refractivity contribution in [3.63, 3.8) is 0 Å². The van der Waals surface area contributed by atoms with Crippen molar-refractivity contribution in [2.75, 3.05) is 18.4 Å². The lowest BCUT2D eigenvalue weighted by atomic mass is 10.1. The van der Waals surface area contributed by atoms with Crippen molar-refractivity contribution in [1.82, 2.24) is 10.6 Å². The topological polar surface area (TPSA) is 113 Å². The first-order chi connectivity index (χ1) is 11.4. The van der Waals surface area contributed by atoms with Gasteiger partial charge in [-0.05, 0) is 18.1 Å². The zero-order valence-electron chi connectivity index (χ0n) is 14.4. The SMILES string of the molecule is C=CCNC(=O)c1ccccc1NC(=O)CNC(=O)[C@@H](N)C(C)C.Cl. The first-order valence-corrected chi connectivity index (χ1v) is 7.68. The fourth-order valence-electron chi connectivity index (χ4n) is 1.83. The van der Waals surface area contributed by atoms with E-state index < -0.39 is 17.9 Å². The Morgan fingerprint density at radius 1 is 1.20 bits per heavy atom. The van der Waals surface area contributed by atoms with Crippen molar-refractivity contribution >= 4 is 35.8 Å². The summed E-state index contributed by atoms with van der Waals surface area (Å²) in [6.45, 7) is 7.28. The second-order valence-corrected chi connectivity index (χ2v) is 5.58. The van der Waals surface area contributed by atoms with E-state index in [0.29, 0.717) is 17.8 Å². The van der Waals surface area contributed by atoms with Gasteiger partial charge in [-0.15, -0.1) is 19.0 Å². The fraction of sp³-hybridized carbons (Fsp3) is 0.353. The van der Waals surface area contributed by atoms with Crippen molar-refractivity contribution in [2.24, 2.45) is 11.7 Å². The molecule has 0 saturated carbocycles. The van der Waals surface area contributed by atoms with Gasteiger partial charge in [-0.2, -0.15) is 0 Å². The molecule has 7 nitrogen and oxygen atoms in total. The fourth-order valence-corrected chi connectivity index (χ4v) is 1.83. The van der Waals surface area contributed by atoms with Crippen LogP contribution in [0, 0.1) is 5.92 Å². The van der Waals surface area contributed by atoms with Crippen LogP contribution in [0.15, 0.2) is 36.9 Å². The molecule has 0 saturated heterocycles. The molecule has 25 heavy (non-hydrogen) atoms. The third kappa shape index (κ3) is 7.36. The van der Waals surface area contributed by atoms with Crippen molar-refractivity contribution in [3.05, 3.63) is 42.5 Å². The lowest BCUT2D eigenvalue weighted by Gasteiger charge is -2.15. The van der Waals surface area contributed by atoms with Crippen LogP contribution in [0.4, 0.5) is 5.69 Å². The van der Waals surface area contributed by atoms with Crippen LogP contribution in [-0.2, 0) is 9.59 Å². The molecule has 0 radical (unpaired) electrons. The first kappa shape index (κ1) is 22.6. The zero-order valence-corrected chi connectivity index (χ0v) is 15.2. The van der Waals surface area contributed by atoms with Crippen molar-refractivity contribution in [1.29, 1.82) is 0 Å². The highest BCUT2D eigenvalue weighted by Gasteiger charge is 2.18. The van der Waals surface area contributed by atoms with Crippen LogP contribution < -0.4 is 21.7 Å². The molecule has 0 aliphatic rings. The summed E-state index contributed by atoms with van der Waals surface area (Å²) in [5.74, 6) is -1.18. The van der Waals surface area contributed by atoms with Crippen molar-refractivity contribution in [2.45, 2.75) is 19.9 Å². The lowest BCUT2D eigenvalue weighted by molar-refractivity contribution is -0.125. The summed E-state index contributed by atoms with van der Waals surface area (Å²) in [4.78, 5) is 35.8. The summed E-state index contributed by atoms with van der Waals surface area (Å²) >= 11 is 0. The molecule has 1 rings (SSSR count). The summed E-state index contributed by atoms with van der Waals surface area (Å²) in [6.07, 6.45) is 1.56. The number of anilines is 1. The monoisotopic (exact) mass is 368 g/mol. The number of halogens is 1. The van der Waals surface area contributed by atoms with Gasteiger partial charge in [0.1, 0.15) is 0 Å². The van der Waals surface area contributed by atoms with Gasteiger partial charge in [0.15, 0.2) is 0 Å². The molecule has 0 fully saturated rings. The lowest BCUT2D eigenvalue weighted by Crippen LogP contribution is -2.46. The normalized spacial score (nSPS) is 11.0. The molecule has 0 heterocycles. The van der Waals surface area contributed by atoms with Gasteiger partial charge in [-0.1, -0.05) is 32.1 Å². The van der Waals surface area contributed by atoms with Gasteiger partial charge in [0, 0.05) is 6.54 Å². The summed E-state index contributed by atoms with van der Waals surface area (Å²) in [7, 11) is 0. The molecule has 1 atom stereocenters. The predicted octanol–water partition coefficient (Wildman–Crippen LogP) is 1.06. The quantitative estimate of drug-likeness (QED) is 0.514. The molecule has 1 aromatic rings. The average molecular weight is 369 g/mol. The number of hydrogen-bond acceptors (Lipinski definition) is 4. The van der Waals surface area contributed by atoms with E-state index in [9.17, 15) is 14.4 Å². The molecule has 0 bridgehead atoms. The highest BCUT2D eigenvalue weighted by Crippen LogP contribution is 2.14. The van der Waals surface area contributed by atoms with E-state index in [1.54, 1.807) is 30.3 Å². The number of carbonyl (C=O) groups is 3. The molecule has 0 unspecified atom stereocenters. The van der Waals surface area contributed by atoms with E-state index in [1.165, 1.54) is 0 Å². The molecular formula is C17H25ClN4O3. The molecule has 8 heteroatoms. The Bertz CT molecular complexity index is 620. The molecule has 1 aromatic carbocycles. The Morgan fingerprint density at radius 2 is 1.84 bits per heavy atom. The van der Waals surface area contributed by atoms with Gasteiger partial charge in [-0.25, -0.2) is 0 Å². The smallest absolute Gasteiger partial charge is 0.253 e. The van der Waals surface area contributed by atoms with E-state index >= 15 is 0 Å². The van der Waals surface area contributed by atoms with Crippen LogP contribution in [0.5, 0.6) is 0 Å². The van der Waals surface area contributed by atoms with Crippen LogP contribution in [0.2, 0.25) is 0 Å². The largest absolute Gasteiger partial charge is 0.349 e. The minimum absolute atomic E-state index is 0. The molecule has 3 amide bonds. The maximum Gasteiger partial charge on any atom is 0.253 e. The second kappa shape index (κ2) is 11.2. The Labute approximate surface area is 153 Å². The zero-order chi connectivity index (χ0) is 18.1. The Hall–Kier alpha value is -2.38. The standard InChI is InChI=1S/C17H24N4O3.ClH/c1-4-9-19-16(23)12-7-5-6-8-13(12)21-14(22)10-20-17(24)15(18)11(2)3;/h4-8,11,15H,1,9-10,18H2,2-3H3,(H,19,23)(H,20,24)(H,21,22);1H/t15-;/m0./s1. The highest BCUT2D eigenvalue weighted by molar-refractivity contribution is 6.04. The maximum absolute atomic E-state index is 12.0. The number of para-hydroxylation sites is 1. The highest BCUT2D eigenvalue weighted by atomic mass is 35.5. The van der Waals surface area contributed by atoms with E-state index in [2.05, 4.69) is 22.5 Å². The number of carbonyl (C=O) groups excluding carboxylic acids is 3. The van der Waals surface area contributed by atoms with Crippen LogP contribution in [0.3, 0.4) is 0 Å². The van der Waals surface area contributed by atoms with Gasteiger partial charge in [-0.3, -0.25) is 14.4 Å². The molecule has 138 valence electrons. The van der Waals surface area contributed by atoms with Crippen molar-refractivity contribution < 1.29 is 14.4 Å². The third-order valence-electron chi connectivity index (χ3n) is 3.30. The van der Waals surface area contributed by atoms with Gasteiger partial charge < -0.3 is 21.7 Å². The van der Waals surface area contributed by atoms with Crippen molar-refractivity contribution in [3.8, 4) is 0 Å². The summed E-state index contributed by atoms with van der Waals surface area (Å²) in [6, 6.07) is 5.94. The minimum atomic E-state index is -0.672. The molecule has 0 aromatic heterocycles. The number of nitrogens with one attached hydrogen (secondary N) is 3. The Morgan fingerprint density at radius 3 is 2.44 bits per heavy atom. The average Bonchev–Trinajstić information content (AvgIpc) is 2.57. The van der Waals surface area contributed by atoms with E-state index in [-0.39, 0.29) is 30.8 Å². The van der Waals surface area contributed by atoms with Gasteiger partial charge in [0.2, 0.25) is 11.8 Å². The van der Waals surface area contributed by atoms with Gasteiger partial charge in [0.25, 0.3) is 5.91 Å². The molecular weight excluding hydrogens is 344 g/mol. The predicted molar refractivity (Wildman–Crippen MR) is 101 cm³/mol. The van der Waals surface area contributed by atoms with E-state index in [4.69, 9.17) is 5.73 Å². The minimum Gasteiger partial charge on any atom is -0.349 e. The third-order valence-corrected chi connectivity index (χ3v) is 3.30. The summed E-state index contributed by atoms with van der Waals surface area (Å²) in [5, 5.41) is 7.73. The molecule has 0 aliphatic heterocycles. The second-order valence-electron chi connectivity index (χ2n) is 5.58. The first-order valence-electron chi connectivity index (χ1n) is 7.68. The molecule has 0 spiro atoms. The van der Waals surface area contributed by atoms with E-state index in [1.807, 2.05) is 13.8 Å². The number of amides is 3.